The Bertz CT molecular complexity index is 1090. The summed E-state index contributed by atoms with van der Waals surface area (Å²) < 4.78 is 10.7. The highest BCUT2D eigenvalue weighted by atomic mass is 16.5. The first kappa shape index (κ1) is 24.8. The van der Waals surface area contributed by atoms with Gasteiger partial charge in [0.25, 0.3) is 5.91 Å². The number of fused-ring (bicyclic) bond motifs is 1. The molecule has 3 atom stereocenters. The van der Waals surface area contributed by atoms with Gasteiger partial charge in [-0.15, -0.1) is 0 Å². The lowest BCUT2D eigenvalue weighted by Crippen LogP contribution is -2.60. The third-order valence-corrected chi connectivity index (χ3v) is 7.92. The lowest BCUT2D eigenvalue weighted by atomic mass is 9.97. The zero-order chi connectivity index (χ0) is 25.4. The molecule has 3 aliphatic heterocycles. The Hall–Kier alpha value is -2.92. The first-order valence-corrected chi connectivity index (χ1v) is 13.1. The summed E-state index contributed by atoms with van der Waals surface area (Å²) in [7, 11) is 0. The van der Waals surface area contributed by atoms with Gasteiger partial charge in [0, 0.05) is 63.0 Å². The molecule has 2 aromatic rings. The standard InChI is InChI=1S/C25H37N7O4/c1-5-19-10-21(29-36-19)24(33)26-23-20-14-32(17(4)22(20)27-28-23)25(34)31-12-15(2)30(11-16(31)3)13-18-6-8-35-9-7-18/h10,15-18H,5-9,11-14H2,1-4H3,(H2,26,27,28,33)/t15-,16+,17?/m1/s1. The third kappa shape index (κ3) is 4.73. The molecule has 3 aliphatic rings. The number of amides is 3. The van der Waals surface area contributed by atoms with Crippen molar-refractivity contribution in [3.05, 3.63) is 28.8 Å². The van der Waals surface area contributed by atoms with E-state index in [9.17, 15) is 9.59 Å². The Morgan fingerprint density at radius 1 is 1.14 bits per heavy atom. The summed E-state index contributed by atoms with van der Waals surface area (Å²) in [6.07, 6.45) is 2.90. The maximum absolute atomic E-state index is 13.7. The molecule has 0 aliphatic carbocycles. The summed E-state index contributed by atoms with van der Waals surface area (Å²) in [5, 5.41) is 14.0. The summed E-state index contributed by atoms with van der Waals surface area (Å²) >= 11 is 0. The monoisotopic (exact) mass is 499 g/mol. The van der Waals surface area contributed by atoms with Crippen LogP contribution in [0.2, 0.25) is 0 Å². The Labute approximate surface area is 211 Å². The second-order valence-corrected chi connectivity index (χ2v) is 10.4. The topological polar surface area (TPSA) is 120 Å². The molecule has 11 heteroatoms. The lowest BCUT2D eigenvalue weighted by molar-refractivity contribution is 0.0127. The van der Waals surface area contributed by atoms with Crippen LogP contribution in [-0.4, -0.2) is 86.9 Å². The number of anilines is 1. The van der Waals surface area contributed by atoms with Crippen molar-refractivity contribution >= 4 is 17.8 Å². The largest absolute Gasteiger partial charge is 0.381 e. The average molecular weight is 500 g/mol. The average Bonchev–Trinajstić information content (AvgIpc) is 3.59. The molecule has 0 aromatic carbocycles. The molecular formula is C25H37N7O4. The summed E-state index contributed by atoms with van der Waals surface area (Å²) in [6, 6.07) is 1.92. The number of rotatable bonds is 5. The minimum absolute atomic E-state index is 0.0264. The normalized spacial score (nSPS) is 25.3. The summed E-state index contributed by atoms with van der Waals surface area (Å²) in [5.41, 5.74) is 1.90. The molecule has 196 valence electrons. The number of carbonyl (C=O) groups is 2. The van der Waals surface area contributed by atoms with Gasteiger partial charge in [0.2, 0.25) is 0 Å². The third-order valence-electron chi connectivity index (χ3n) is 7.92. The van der Waals surface area contributed by atoms with Crippen LogP contribution >= 0.6 is 0 Å². The van der Waals surface area contributed by atoms with Crippen molar-refractivity contribution in [1.82, 2.24) is 30.1 Å². The Balaban J connectivity index is 1.22. The number of nitrogens with one attached hydrogen (secondary N) is 2. The van der Waals surface area contributed by atoms with E-state index in [0.29, 0.717) is 43.0 Å². The Kier molecular flexibility index (Phi) is 7.03. The number of hydrogen-bond donors (Lipinski definition) is 2. The Morgan fingerprint density at radius 2 is 1.92 bits per heavy atom. The van der Waals surface area contributed by atoms with Crippen LogP contribution in [0.4, 0.5) is 10.6 Å². The van der Waals surface area contributed by atoms with Crippen LogP contribution in [0.3, 0.4) is 0 Å². The molecule has 2 N–H and O–H groups in total. The Morgan fingerprint density at radius 3 is 2.64 bits per heavy atom. The van der Waals surface area contributed by atoms with Crippen molar-refractivity contribution in [2.75, 3.05) is 38.2 Å². The number of aromatic nitrogens is 3. The first-order chi connectivity index (χ1) is 17.4. The van der Waals surface area contributed by atoms with E-state index < -0.39 is 0 Å². The van der Waals surface area contributed by atoms with Gasteiger partial charge in [0.15, 0.2) is 11.5 Å². The van der Waals surface area contributed by atoms with Crippen molar-refractivity contribution in [1.29, 1.82) is 0 Å². The van der Waals surface area contributed by atoms with Crippen LogP contribution in [0, 0.1) is 5.92 Å². The molecule has 0 radical (unpaired) electrons. The first-order valence-electron chi connectivity index (χ1n) is 13.1. The van der Waals surface area contributed by atoms with E-state index in [2.05, 4.69) is 39.4 Å². The van der Waals surface area contributed by atoms with E-state index in [0.717, 1.165) is 50.4 Å². The second-order valence-electron chi connectivity index (χ2n) is 10.4. The highest BCUT2D eigenvalue weighted by Gasteiger charge is 2.41. The van der Waals surface area contributed by atoms with Gasteiger partial charge in [-0.3, -0.25) is 14.8 Å². The number of aryl methyl sites for hydroxylation is 1. The van der Waals surface area contributed by atoms with E-state index in [4.69, 9.17) is 9.26 Å². The van der Waals surface area contributed by atoms with Crippen LogP contribution in [0.25, 0.3) is 0 Å². The molecule has 0 spiro atoms. The van der Waals surface area contributed by atoms with Crippen LogP contribution in [0.1, 0.15) is 74.1 Å². The van der Waals surface area contributed by atoms with Gasteiger partial charge in [-0.25, -0.2) is 4.79 Å². The zero-order valence-corrected chi connectivity index (χ0v) is 21.6. The van der Waals surface area contributed by atoms with Gasteiger partial charge >= 0.3 is 6.03 Å². The van der Waals surface area contributed by atoms with E-state index in [1.54, 1.807) is 6.07 Å². The van der Waals surface area contributed by atoms with E-state index in [1.165, 1.54) is 0 Å². The molecular weight excluding hydrogens is 462 g/mol. The second kappa shape index (κ2) is 10.2. The molecule has 3 amide bonds. The van der Waals surface area contributed by atoms with Crippen molar-refractivity contribution in [3.63, 3.8) is 0 Å². The molecule has 5 heterocycles. The van der Waals surface area contributed by atoms with Crippen LogP contribution in [0.5, 0.6) is 0 Å². The predicted octanol–water partition coefficient (Wildman–Crippen LogP) is 3.03. The van der Waals surface area contributed by atoms with E-state index >= 15 is 0 Å². The fraction of sp³-hybridized carbons (Fsp3) is 0.680. The van der Waals surface area contributed by atoms with Crippen LogP contribution in [-0.2, 0) is 17.7 Å². The van der Waals surface area contributed by atoms with Gasteiger partial charge in [-0.1, -0.05) is 12.1 Å². The predicted molar refractivity (Wildman–Crippen MR) is 133 cm³/mol. The van der Waals surface area contributed by atoms with Gasteiger partial charge in [-0.05, 0) is 39.5 Å². The number of nitrogens with zero attached hydrogens (tertiary/aromatic N) is 5. The van der Waals surface area contributed by atoms with Gasteiger partial charge in [0.1, 0.15) is 5.76 Å². The molecule has 2 aromatic heterocycles. The van der Waals surface area contributed by atoms with Gasteiger partial charge in [-0.2, -0.15) is 5.10 Å². The lowest BCUT2D eigenvalue weighted by Gasteiger charge is -2.46. The highest BCUT2D eigenvalue weighted by Crippen LogP contribution is 2.37. The number of H-pyrrole nitrogens is 1. The molecule has 5 rings (SSSR count). The quantitative estimate of drug-likeness (QED) is 0.649. The van der Waals surface area contributed by atoms with Crippen molar-refractivity contribution in [3.8, 4) is 0 Å². The van der Waals surface area contributed by atoms with Crippen molar-refractivity contribution in [2.24, 2.45) is 5.92 Å². The van der Waals surface area contributed by atoms with Crippen molar-refractivity contribution in [2.45, 2.75) is 71.6 Å². The van der Waals surface area contributed by atoms with Gasteiger partial charge < -0.3 is 24.4 Å². The summed E-state index contributed by atoms with van der Waals surface area (Å²) in [4.78, 5) is 32.7. The number of carbonyl (C=O) groups excluding carboxylic acids is 2. The molecule has 0 saturated carbocycles. The van der Waals surface area contributed by atoms with Crippen molar-refractivity contribution < 1.29 is 18.8 Å². The number of urea groups is 1. The molecule has 2 saturated heterocycles. The molecule has 36 heavy (non-hydrogen) atoms. The summed E-state index contributed by atoms with van der Waals surface area (Å²) in [6.45, 7) is 13.0. The smallest absolute Gasteiger partial charge is 0.321 e. The minimum Gasteiger partial charge on any atom is -0.381 e. The highest BCUT2D eigenvalue weighted by molar-refractivity contribution is 6.02. The fourth-order valence-electron chi connectivity index (χ4n) is 5.59. The van der Waals surface area contributed by atoms with Crippen LogP contribution in [0.15, 0.2) is 10.6 Å². The molecule has 11 nitrogen and oxygen atoms in total. The van der Waals surface area contributed by atoms with E-state index in [-0.39, 0.29) is 29.7 Å². The SMILES string of the molecule is CCc1cc(C(=O)Nc2n[nH]c3c2CN(C(=O)N2C[C@@H](C)N(CC4CCOCC4)C[C@@H]2C)C3C)no1. The summed E-state index contributed by atoms with van der Waals surface area (Å²) in [5.74, 6) is 1.37. The number of aromatic amines is 1. The van der Waals surface area contributed by atoms with E-state index in [1.807, 2.05) is 23.6 Å². The maximum Gasteiger partial charge on any atom is 0.321 e. The maximum atomic E-state index is 13.7. The van der Waals surface area contributed by atoms with Crippen LogP contribution < -0.4 is 5.32 Å². The number of ether oxygens (including phenoxy) is 1. The molecule has 2 fully saturated rings. The fourth-order valence-corrected chi connectivity index (χ4v) is 5.59. The zero-order valence-electron chi connectivity index (χ0n) is 21.6. The molecule has 1 unspecified atom stereocenters. The minimum atomic E-state index is -0.381. The number of piperazine rings is 1. The van der Waals surface area contributed by atoms with Gasteiger partial charge in [0.05, 0.1) is 18.3 Å². The number of hydrogen-bond acceptors (Lipinski definition) is 7. The molecule has 0 bridgehead atoms.